The first-order valence-corrected chi connectivity index (χ1v) is 12.9. The molecule has 0 bridgehead atoms. The first-order valence-electron chi connectivity index (χ1n) is 12.5. The topological polar surface area (TPSA) is 35.0 Å². The van der Waals surface area contributed by atoms with E-state index in [0.29, 0.717) is 0 Å². The van der Waals surface area contributed by atoms with Crippen molar-refractivity contribution in [3.63, 3.8) is 0 Å². The van der Waals surface area contributed by atoms with E-state index >= 15 is 0 Å². The average Bonchev–Trinajstić information content (AvgIpc) is 3.24. The molecule has 0 spiro atoms. The van der Waals surface area contributed by atoms with E-state index in [2.05, 4.69) is 64.2 Å². The molecule has 3 heterocycles. The molecule has 0 aliphatic carbocycles. The lowest BCUT2D eigenvalue weighted by atomic mass is 10.1. The third-order valence-electron chi connectivity index (χ3n) is 7.26. The Balaban J connectivity index is 1.18. The summed E-state index contributed by atoms with van der Waals surface area (Å²) >= 11 is 6.39. The fraction of sp³-hybridized carbons (Fsp3) is 0.393. The van der Waals surface area contributed by atoms with Crippen molar-refractivity contribution in [3.8, 4) is 0 Å². The van der Waals surface area contributed by atoms with Gasteiger partial charge in [-0.15, -0.1) is 0 Å². The standard InChI is InChI=1S/C28H34ClN5O/c1-22-19-33(24-8-4-3-5-9-24)16-17-34(22)28(35)27-18-23(20-30(27)2)21-31-12-14-32(15-13-31)26-11-7-6-10-25(26)29/h3-11,18,20,22H,12-17,19,21H2,1-2H3/t22-/m0/s1. The maximum absolute atomic E-state index is 13.5. The number of carbonyl (C=O) groups excluding carboxylic acids is 1. The van der Waals surface area contributed by atoms with Crippen LogP contribution in [0.4, 0.5) is 11.4 Å². The highest BCUT2D eigenvalue weighted by Gasteiger charge is 2.30. The van der Waals surface area contributed by atoms with Crippen LogP contribution in [-0.4, -0.2) is 72.1 Å². The molecule has 35 heavy (non-hydrogen) atoms. The number of para-hydroxylation sites is 2. The van der Waals surface area contributed by atoms with Crippen LogP contribution in [0.25, 0.3) is 0 Å². The molecule has 184 valence electrons. The van der Waals surface area contributed by atoms with Gasteiger partial charge in [-0.05, 0) is 42.8 Å². The van der Waals surface area contributed by atoms with Crippen molar-refractivity contribution in [3.05, 3.63) is 83.1 Å². The fourth-order valence-electron chi connectivity index (χ4n) is 5.33. The van der Waals surface area contributed by atoms with Gasteiger partial charge >= 0.3 is 0 Å². The fourth-order valence-corrected chi connectivity index (χ4v) is 5.58. The number of piperazine rings is 2. The molecule has 2 fully saturated rings. The Bertz CT molecular complexity index is 1160. The molecule has 7 heteroatoms. The number of aromatic nitrogens is 1. The summed E-state index contributed by atoms with van der Waals surface area (Å²) in [6, 6.07) is 20.8. The minimum Gasteiger partial charge on any atom is -0.368 e. The summed E-state index contributed by atoms with van der Waals surface area (Å²) in [7, 11) is 1.98. The second kappa shape index (κ2) is 10.3. The quantitative estimate of drug-likeness (QED) is 0.531. The highest BCUT2D eigenvalue weighted by atomic mass is 35.5. The van der Waals surface area contributed by atoms with E-state index in [1.807, 2.05) is 40.8 Å². The molecule has 2 aromatic carbocycles. The number of aryl methyl sites for hydroxylation is 1. The zero-order chi connectivity index (χ0) is 24.4. The Hall–Kier alpha value is -2.96. The molecule has 2 saturated heterocycles. The summed E-state index contributed by atoms with van der Waals surface area (Å²) in [6.45, 7) is 9.29. The first-order chi connectivity index (χ1) is 17.0. The Morgan fingerprint density at radius 2 is 1.60 bits per heavy atom. The predicted molar refractivity (Wildman–Crippen MR) is 144 cm³/mol. The van der Waals surface area contributed by atoms with Crippen molar-refractivity contribution in [2.75, 3.05) is 55.6 Å². The van der Waals surface area contributed by atoms with Gasteiger partial charge in [0.15, 0.2) is 0 Å². The normalized spacial score (nSPS) is 19.3. The van der Waals surface area contributed by atoms with Gasteiger partial charge < -0.3 is 19.3 Å². The third-order valence-corrected chi connectivity index (χ3v) is 7.58. The summed E-state index contributed by atoms with van der Waals surface area (Å²) in [4.78, 5) is 22.7. The van der Waals surface area contributed by atoms with Gasteiger partial charge in [0.25, 0.3) is 5.91 Å². The van der Waals surface area contributed by atoms with Crippen LogP contribution >= 0.6 is 11.6 Å². The van der Waals surface area contributed by atoms with Crippen LogP contribution in [0.5, 0.6) is 0 Å². The lowest BCUT2D eigenvalue weighted by molar-refractivity contribution is 0.0664. The third kappa shape index (κ3) is 5.19. The minimum atomic E-state index is 0.127. The Labute approximate surface area is 213 Å². The van der Waals surface area contributed by atoms with Gasteiger partial charge in [-0.2, -0.15) is 0 Å². The molecule has 1 aromatic heterocycles. The van der Waals surface area contributed by atoms with Gasteiger partial charge in [0.2, 0.25) is 0 Å². The van der Waals surface area contributed by atoms with E-state index in [1.54, 1.807) is 0 Å². The summed E-state index contributed by atoms with van der Waals surface area (Å²) in [5, 5.41) is 0.811. The van der Waals surface area contributed by atoms with Crippen LogP contribution in [0.3, 0.4) is 0 Å². The van der Waals surface area contributed by atoms with E-state index in [4.69, 9.17) is 11.6 Å². The number of hydrogen-bond donors (Lipinski definition) is 0. The molecular formula is C28H34ClN5O. The number of carbonyl (C=O) groups is 1. The van der Waals surface area contributed by atoms with Gasteiger partial charge in [-0.3, -0.25) is 9.69 Å². The average molecular weight is 492 g/mol. The molecule has 2 aliphatic rings. The van der Waals surface area contributed by atoms with E-state index in [1.165, 1.54) is 11.3 Å². The van der Waals surface area contributed by atoms with Crippen LogP contribution in [0.1, 0.15) is 23.0 Å². The van der Waals surface area contributed by atoms with E-state index in [-0.39, 0.29) is 11.9 Å². The largest absolute Gasteiger partial charge is 0.368 e. The predicted octanol–water partition coefficient (Wildman–Crippen LogP) is 4.35. The molecule has 0 unspecified atom stereocenters. The van der Waals surface area contributed by atoms with Gasteiger partial charge in [-0.1, -0.05) is 41.9 Å². The number of amides is 1. The molecule has 0 saturated carbocycles. The number of rotatable bonds is 5. The summed E-state index contributed by atoms with van der Waals surface area (Å²) in [5.41, 5.74) is 4.30. The van der Waals surface area contributed by atoms with E-state index < -0.39 is 0 Å². The zero-order valence-corrected chi connectivity index (χ0v) is 21.4. The van der Waals surface area contributed by atoms with Crippen LogP contribution in [0.15, 0.2) is 66.9 Å². The van der Waals surface area contributed by atoms with Crippen molar-refractivity contribution >= 4 is 28.9 Å². The zero-order valence-electron chi connectivity index (χ0n) is 20.6. The summed E-state index contributed by atoms with van der Waals surface area (Å²) in [5.74, 6) is 0.127. The molecule has 1 amide bonds. The minimum absolute atomic E-state index is 0.127. The van der Waals surface area contributed by atoms with Crippen molar-refractivity contribution in [1.29, 1.82) is 0 Å². The molecule has 0 N–H and O–H groups in total. The lowest BCUT2D eigenvalue weighted by Crippen LogP contribution is -2.54. The number of anilines is 2. The molecule has 3 aromatic rings. The highest BCUT2D eigenvalue weighted by molar-refractivity contribution is 6.33. The SMILES string of the molecule is C[C@H]1CN(c2ccccc2)CCN1C(=O)c1cc(CN2CCN(c3ccccc3Cl)CC2)cn1C. The maximum atomic E-state index is 13.5. The smallest absolute Gasteiger partial charge is 0.270 e. The highest BCUT2D eigenvalue weighted by Crippen LogP contribution is 2.26. The molecule has 0 radical (unpaired) electrons. The maximum Gasteiger partial charge on any atom is 0.270 e. The Kier molecular flexibility index (Phi) is 7.02. The number of benzene rings is 2. The molecular weight excluding hydrogens is 458 g/mol. The first kappa shape index (κ1) is 23.8. The summed E-state index contributed by atoms with van der Waals surface area (Å²) < 4.78 is 1.99. The molecule has 6 nitrogen and oxygen atoms in total. The van der Waals surface area contributed by atoms with Crippen LogP contribution in [0, 0.1) is 0 Å². The van der Waals surface area contributed by atoms with Gasteiger partial charge in [-0.25, -0.2) is 0 Å². The second-order valence-corrected chi connectivity index (χ2v) is 10.1. The summed E-state index contributed by atoms with van der Waals surface area (Å²) in [6.07, 6.45) is 2.11. The van der Waals surface area contributed by atoms with Crippen molar-refractivity contribution in [2.24, 2.45) is 7.05 Å². The van der Waals surface area contributed by atoms with Crippen molar-refractivity contribution in [1.82, 2.24) is 14.4 Å². The van der Waals surface area contributed by atoms with Gasteiger partial charge in [0.1, 0.15) is 5.69 Å². The van der Waals surface area contributed by atoms with E-state index in [9.17, 15) is 4.79 Å². The van der Waals surface area contributed by atoms with E-state index in [0.717, 1.165) is 68.8 Å². The number of hydrogen-bond acceptors (Lipinski definition) is 4. The van der Waals surface area contributed by atoms with Crippen LogP contribution in [0.2, 0.25) is 5.02 Å². The van der Waals surface area contributed by atoms with Crippen LogP contribution < -0.4 is 9.80 Å². The lowest BCUT2D eigenvalue weighted by Gasteiger charge is -2.41. The molecule has 1 atom stereocenters. The van der Waals surface area contributed by atoms with Crippen molar-refractivity contribution in [2.45, 2.75) is 19.5 Å². The van der Waals surface area contributed by atoms with Gasteiger partial charge in [0.05, 0.1) is 10.7 Å². The Morgan fingerprint density at radius 3 is 2.31 bits per heavy atom. The monoisotopic (exact) mass is 491 g/mol. The van der Waals surface area contributed by atoms with Crippen LogP contribution in [-0.2, 0) is 13.6 Å². The van der Waals surface area contributed by atoms with Crippen molar-refractivity contribution < 1.29 is 4.79 Å². The number of nitrogens with zero attached hydrogens (tertiary/aromatic N) is 5. The second-order valence-electron chi connectivity index (χ2n) is 9.69. The molecule has 5 rings (SSSR count). The Morgan fingerprint density at radius 1 is 0.914 bits per heavy atom. The number of halogens is 1. The molecule has 2 aliphatic heterocycles. The van der Waals surface area contributed by atoms with Gasteiger partial charge in [0, 0.05) is 77.3 Å².